The van der Waals surface area contributed by atoms with E-state index < -0.39 is 0 Å². The van der Waals surface area contributed by atoms with E-state index in [4.69, 9.17) is 5.73 Å². The van der Waals surface area contributed by atoms with E-state index in [-0.39, 0.29) is 11.6 Å². The molecule has 0 spiro atoms. The maximum atomic E-state index is 12.2. The summed E-state index contributed by atoms with van der Waals surface area (Å²) in [5.74, 6) is -0.309. The maximum Gasteiger partial charge on any atom is 0.196 e. The summed E-state index contributed by atoms with van der Waals surface area (Å²) >= 11 is 0. The molecule has 3 nitrogen and oxygen atoms in total. The summed E-state index contributed by atoms with van der Waals surface area (Å²) in [7, 11) is 0. The van der Waals surface area contributed by atoms with Gasteiger partial charge in [0.15, 0.2) is 11.6 Å². The van der Waals surface area contributed by atoms with Crippen molar-refractivity contribution in [3.63, 3.8) is 0 Å². The zero-order chi connectivity index (χ0) is 20.3. The number of nitrogens with two attached hydrogens (primary N) is 1. The summed E-state index contributed by atoms with van der Waals surface area (Å²) in [6, 6.07) is 18.6. The summed E-state index contributed by atoms with van der Waals surface area (Å²) in [6.07, 6.45) is 2.30. The van der Waals surface area contributed by atoms with E-state index in [0.717, 1.165) is 12.8 Å². The monoisotopic (exact) mass is 371 g/mol. The molecular formula is C25H25NO2. The first-order valence-corrected chi connectivity index (χ1v) is 9.62. The van der Waals surface area contributed by atoms with Gasteiger partial charge in [0.2, 0.25) is 0 Å². The number of anilines is 1. The van der Waals surface area contributed by atoms with E-state index in [1.54, 1.807) is 42.5 Å². The number of aryl methyl sites for hydroxylation is 3. The lowest BCUT2D eigenvalue weighted by Gasteiger charge is -2.18. The average Bonchev–Trinajstić information content (AvgIpc) is 2.71. The number of rotatable bonds is 2. The molecule has 0 atom stereocenters. The van der Waals surface area contributed by atoms with Gasteiger partial charge < -0.3 is 5.73 Å². The third kappa shape index (κ3) is 3.74. The minimum atomic E-state index is -0.173. The molecule has 4 rings (SSSR count). The SMILES string of the molecule is CCc1cc(C)cc(CC)c1.Nc1cccc2c1C(=O)c1ccccc1C2=O. The van der Waals surface area contributed by atoms with Gasteiger partial charge in [-0.15, -0.1) is 0 Å². The number of nitrogen functional groups attached to an aromatic ring is 1. The molecule has 3 aromatic rings. The normalized spacial score (nSPS) is 12.0. The summed E-state index contributed by atoms with van der Waals surface area (Å²) in [5, 5.41) is 0. The Labute approximate surface area is 166 Å². The molecule has 0 unspecified atom stereocenters. The van der Waals surface area contributed by atoms with Crippen molar-refractivity contribution in [3.8, 4) is 0 Å². The van der Waals surface area contributed by atoms with Gasteiger partial charge in [-0.25, -0.2) is 0 Å². The third-order valence-corrected chi connectivity index (χ3v) is 5.00. The first-order valence-electron chi connectivity index (χ1n) is 9.62. The Kier molecular flexibility index (Phi) is 5.74. The minimum Gasteiger partial charge on any atom is -0.398 e. The van der Waals surface area contributed by atoms with E-state index in [1.807, 2.05) is 0 Å². The van der Waals surface area contributed by atoms with Crippen LogP contribution in [0.3, 0.4) is 0 Å². The summed E-state index contributed by atoms with van der Waals surface area (Å²) < 4.78 is 0. The Hall–Kier alpha value is -3.20. The number of hydrogen-bond donors (Lipinski definition) is 1. The van der Waals surface area contributed by atoms with Gasteiger partial charge in [-0.2, -0.15) is 0 Å². The highest BCUT2D eigenvalue weighted by molar-refractivity contribution is 6.29. The number of fused-ring (bicyclic) bond motifs is 2. The molecule has 0 radical (unpaired) electrons. The van der Waals surface area contributed by atoms with E-state index in [1.165, 1.54) is 16.7 Å². The van der Waals surface area contributed by atoms with Crippen LogP contribution in [0.1, 0.15) is 62.4 Å². The number of carbonyl (C=O) groups excluding carboxylic acids is 2. The Balaban J connectivity index is 0.000000178. The minimum absolute atomic E-state index is 0.137. The number of ketones is 2. The first kappa shape index (κ1) is 19.6. The Morgan fingerprint density at radius 2 is 1.25 bits per heavy atom. The molecule has 3 heteroatoms. The van der Waals surface area contributed by atoms with Gasteiger partial charge in [0, 0.05) is 22.4 Å². The van der Waals surface area contributed by atoms with Crippen LogP contribution in [-0.4, -0.2) is 11.6 Å². The van der Waals surface area contributed by atoms with Gasteiger partial charge in [-0.05, 0) is 37.0 Å². The van der Waals surface area contributed by atoms with Crippen molar-refractivity contribution >= 4 is 17.3 Å². The van der Waals surface area contributed by atoms with Crippen LogP contribution in [0.5, 0.6) is 0 Å². The van der Waals surface area contributed by atoms with Crippen molar-refractivity contribution in [1.82, 2.24) is 0 Å². The highest BCUT2D eigenvalue weighted by Gasteiger charge is 2.30. The molecule has 0 saturated heterocycles. The summed E-state index contributed by atoms with van der Waals surface area (Å²) in [6.45, 7) is 6.57. The lowest BCUT2D eigenvalue weighted by atomic mass is 9.83. The van der Waals surface area contributed by atoms with Crippen molar-refractivity contribution in [3.05, 3.63) is 99.6 Å². The first-order chi connectivity index (χ1) is 13.5. The average molecular weight is 371 g/mol. The van der Waals surface area contributed by atoms with E-state index >= 15 is 0 Å². The third-order valence-electron chi connectivity index (χ3n) is 5.00. The Morgan fingerprint density at radius 3 is 1.82 bits per heavy atom. The lowest BCUT2D eigenvalue weighted by Crippen LogP contribution is -2.22. The van der Waals surface area contributed by atoms with Gasteiger partial charge in [0.25, 0.3) is 0 Å². The van der Waals surface area contributed by atoms with Crippen LogP contribution in [0.2, 0.25) is 0 Å². The van der Waals surface area contributed by atoms with E-state index in [2.05, 4.69) is 39.0 Å². The molecule has 0 bridgehead atoms. The van der Waals surface area contributed by atoms with Crippen molar-refractivity contribution in [2.24, 2.45) is 0 Å². The second kappa shape index (κ2) is 8.22. The Bertz CT molecular complexity index is 1030. The highest BCUT2D eigenvalue weighted by Crippen LogP contribution is 2.30. The number of hydrogen-bond acceptors (Lipinski definition) is 3. The highest BCUT2D eigenvalue weighted by atomic mass is 16.1. The van der Waals surface area contributed by atoms with Crippen LogP contribution in [0.15, 0.2) is 60.7 Å². The molecule has 1 aliphatic carbocycles. The standard InChI is InChI=1S/C14H9NO2.C11H16/c15-11-7-3-6-10-12(11)14(17)9-5-2-1-4-8(9)13(10)16;1-4-10-6-9(3)7-11(5-2)8-10/h1-7H,15H2;6-8H,4-5H2,1-3H3. The Morgan fingerprint density at radius 1 is 0.714 bits per heavy atom. The van der Waals surface area contributed by atoms with Crippen LogP contribution < -0.4 is 5.73 Å². The number of carbonyl (C=O) groups is 2. The van der Waals surface area contributed by atoms with Gasteiger partial charge in [-0.1, -0.05) is 74.0 Å². The van der Waals surface area contributed by atoms with E-state index in [0.29, 0.717) is 27.9 Å². The fraction of sp³-hybridized carbons (Fsp3) is 0.200. The second-order valence-electron chi connectivity index (χ2n) is 7.01. The molecule has 1 aliphatic rings. The van der Waals surface area contributed by atoms with Crippen molar-refractivity contribution in [2.75, 3.05) is 5.73 Å². The summed E-state index contributed by atoms with van der Waals surface area (Å²) in [4.78, 5) is 24.4. The zero-order valence-electron chi connectivity index (χ0n) is 16.6. The largest absolute Gasteiger partial charge is 0.398 e. The molecule has 142 valence electrons. The van der Waals surface area contributed by atoms with Crippen LogP contribution in [0.25, 0.3) is 0 Å². The number of benzene rings is 3. The van der Waals surface area contributed by atoms with Crippen molar-refractivity contribution in [2.45, 2.75) is 33.6 Å². The molecule has 0 heterocycles. The van der Waals surface area contributed by atoms with Gasteiger partial charge >= 0.3 is 0 Å². The van der Waals surface area contributed by atoms with E-state index in [9.17, 15) is 9.59 Å². The predicted octanol–water partition coefficient (Wildman–Crippen LogP) is 5.16. The smallest absolute Gasteiger partial charge is 0.196 e. The topological polar surface area (TPSA) is 60.2 Å². The van der Waals surface area contributed by atoms with Crippen LogP contribution in [0, 0.1) is 6.92 Å². The molecular weight excluding hydrogens is 346 g/mol. The molecule has 0 aliphatic heterocycles. The molecule has 0 aromatic heterocycles. The molecule has 2 N–H and O–H groups in total. The van der Waals surface area contributed by atoms with Crippen LogP contribution in [-0.2, 0) is 12.8 Å². The molecule has 28 heavy (non-hydrogen) atoms. The second-order valence-corrected chi connectivity index (χ2v) is 7.01. The zero-order valence-corrected chi connectivity index (χ0v) is 16.6. The molecule has 0 amide bonds. The van der Waals surface area contributed by atoms with Gasteiger partial charge in [0.05, 0.1) is 5.56 Å². The molecule has 3 aromatic carbocycles. The van der Waals surface area contributed by atoms with Crippen LogP contribution >= 0.6 is 0 Å². The van der Waals surface area contributed by atoms with Crippen molar-refractivity contribution < 1.29 is 9.59 Å². The fourth-order valence-corrected chi connectivity index (χ4v) is 3.53. The quantitative estimate of drug-likeness (QED) is 0.495. The van der Waals surface area contributed by atoms with Gasteiger partial charge in [0.1, 0.15) is 0 Å². The maximum absolute atomic E-state index is 12.2. The fourth-order valence-electron chi connectivity index (χ4n) is 3.53. The van der Waals surface area contributed by atoms with Crippen LogP contribution in [0.4, 0.5) is 5.69 Å². The lowest BCUT2D eigenvalue weighted by molar-refractivity contribution is 0.0979. The van der Waals surface area contributed by atoms with Crippen molar-refractivity contribution in [1.29, 1.82) is 0 Å². The van der Waals surface area contributed by atoms with Gasteiger partial charge in [-0.3, -0.25) is 9.59 Å². The predicted molar refractivity (Wildman–Crippen MR) is 114 cm³/mol. The molecule has 0 fully saturated rings. The molecule has 0 saturated carbocycles. The summed E-state index contributed by atoms with van der Waals surface area (Å²) in [5.41, 5.74) is 12.1.